The SMILES string of the molecule is CNCC=Cc1cccc2c1CC=C2. The van der Waals surface area contributed by atoms with E-state index in [1.54, 1.807) is 0 Å². The van der Waals surface area contributed by atoms with Gasteiger partial charge >= 0.3 is 0 Å². The van der Waals surface area contributed by atoms with Crippen LogP contribution in [0.25, 0.3) is 12.2 Å². The lowest BCUT2D eigenvalue weighted by atomic mass is 10.0. The fourth-order valence-electron chi connectivity index (χ4n) is 1.78. The predicted molar refractivity (Wildman–Crippen MR) is 62.1 cm³/mol. The van der Waals surface area contributed by atoms with Crippen LogP contribution in [-0.4, -0.2) is 13.6 Å². The summed E-state index contributed by atoms with van der Waals surface area (Å²) in [5, 5.41) is 3.10. The molecular weight excluding hydrogens is 170 g/mol. The average molecular weight is 185 g/mol. The lowest BCUT2D eigenvalue weighted by Crippen LogP contribution is -2.03. The van der Waals surface area contributed by atoms with E-state index in [4.69, 9.17) is 0 Å². The summed E-state index contributed by atoms with van der Waals surface area (Å²) >= 11 is 0. The number of nitrogens with one attached hydrogen (secondary N) is 1. The van der Waals surface area contributed by atoms with Crippen LogP contribution in [-0.2, 0) is 6.42 Å². The second-order valence-corrected chi connectivity index (χ2v) is 3.48. The molecule has 14 heavy (non-hydrogen) atoms. The number of hydrogen-bond acceptors (Lipinski definition) is 1. The molecule has 0 heterocycles. The molecule has 0 atom stereocenters. The largest absolute Gasteiger partial charge is 0.316 e. The van der Waals surface area contributed by atoms with Crippen LogP contribution in [0.4, 0.5) is 0 Å². The van der Waals surface area contributed by atoms with Gasteiger partial charge in [0.2, 0.25) is 0 Å². The summed E-state index contributed by atoms with van der Waals surface area (Å²) in [5.41, 5.74) is 4.18. The molecule has 0 saturated heterocycles. The fourth-order valence-corrected chi connectivity index (χ4v) is 1.78. The second-order valence-electron chi connectivity index (χ2n) is 3.48. The summed E-state index contributed by atoms with van der Waals surface area (Å²) in [7, 11) is 1.96. The van der Waals surface area contributed by atoms with Gasteiger partial charge in [-0.1, -0.05) is 42.5 Å². The first-order valence-corrected chi connectivity index (χ1v) is 5.01. The normalized spacial score (nSPS) is 13.8. The topological polar surface area (TPSA) is 12.0 Å². The van der Waals surface area contributed by atoms with Crippen molar-refractivity contribution in [2.45, 2.75) is 6.42 Å². The van der Waals surface area contributed by atoms with E-state index in [1.807, 2.05) is 7.05 Å². The van der Waals surface area contributed by atoms with Gasteiger partial charge in [0.05, 0.1) is 0 Å². The zero-order valence-electron chi connectivity index (χ0n) is 8.46. The van der Waals surface area contributed by atoms with E-state index >= 15 is 0 Å². The van der Waals surface area contributed by atoms with Crippen molar-refractivity contribution < 1.29 is 0 Å². The number of rotatable bonds is 3. The van der Waals surface area contributed by atoms with Crippen LogP contribution in [0.2, 0.25) is 0 Å². The molecule has 1 aromatic rings. The molecule has 2 rings (SSSR count). The maximum absolute atomic E-state index is 3.10. The molecule has 1 heteroatoms. The molecular formula is C13H15N. The van der Waals surface area contributed by atoms with Gasteiger partial charge in [0, 0.05) is 6.54 Å². The summed E-state index contributed by atoms with van der Waals surface area (Å²) in [6, 6.07) is 6.47. The molecule has 1 aliphatic carbocycles. The molecule has 0 radical (unpaired) electrons. The van der Waals surface area contributed by atoms with Gasteiger partial charge in [-0.15, -0.1) is 0 Å². The molecule has 0 amide bonds. The van der Waals surface area contributed by atoms with Crippen LogP contribution in [0, 0.1) is 0 Å². The first-order chi connectivity index (χ1) is 6.92. The standard InChI is InChI=1S/C13H15N/c1-14-10-4-8-12-6-2-5-11-7-3-9-13(11)12/h2-8,14H,9-10H2,1H3. The Bertz CT molecular complexity index is 375. The van der Waals surface area contributed by atoms with E-state index in [-0.39, 0.29) is 0 Å². The molecule has 1 aliphatic rings. The number of likely N-dealkylation sites (N-methyl/N-ethyl adjacent to an activating group) is 1. The van der Waals surface area contributed by atoms with Gasteiger partial charge in [0.25, 0.3) is 0 Å². The Balaban J connectivity index is 2.23. The number of fused-ring (bicyclic) bond motifs is 1. The molecule has 1 aromatic carbocycles. The zero-order valence-corrected chi connectivity index (χ0v) is 8.46. The highest BCUT2D eigenvalue weighted by atomic mass is 14.8. The van der Waals surface area contributed by atoms with Crippen molar-refractivity contribution >= 4 is 12.2 Å². The van der Waals surface area contributed by atoms with E-state index in [0.29, 0.717) is 0 Å². The molecule has 0 aromatic heterocycles. The highest BCUT2D eigenvalue weighted by Crippen LogP contribution is 2.23. The minimum absolute atomic E-state index is 0.928. The van der Waals surface area contributed by atoms with Gasteiger partial charge < -0.3 is 5.32 Å². The monoisotopic (exact) mass is 185 g/mol. The summed E-state index contributed by atoms with van der Waals surface area (Å²) in [4.78, 5) is 0. The maximum atomic E-state index is 3.10. The van der Waals surface area contributed by atoms with Crippen molar-refractivity contribution in [3.63, 3.8) is 0 Å². The van der Waals surface area contributed by atoms with Crippen molar-refractivity contribution in [3.8, 4) is 0 Å². The Hall–Kier alpha value is -1.34. The van der Waals surface area contributed by atoms with Gasteiger partial charge in [-0.3, -0.25) is 0 Å². The van der Waals surface area contributed by atoms with Crippen molar-refractivity contribution in [2.24, 2.45) is 0 Å². The Morgan fingerprint density at radius 1 is 1.43 bits per heavy atom. The molecule has 0 bridgehead atoms. The minimum Gasteiger partial charge on any atom is -0.316 e. The van der Waals surface area contributed by atoms with E-state index in [2.05, 4.69) is 47.8 Å². The summed E-state index contributed by atoms with van der Waals surface area (Å²) in [6.45, 7) is 0.928. The third-order valence-corrected chi connectivity index (χ3v) is 2.49. The molecule has 0 spiro atoms. The van der Waals surface area contributed by atoms with E-state index < -0.39 is 0 Å². The molecule has 1 nitrogen and oxygen atoms in total. The van der Waals surface area contributed by atoms with Gasteiger partial charge in [0.15, 0.2) is 0 Å². The lowest BCUT2D eigenvalue weighted by molar-refractivity contribution is 0.922. The first kappa shape index (κ1) is 9.22. The maximum Gasteiger partial charge on any atom is 0.0135 e. The summed E-state index contributed by atoms with van der Waals surface area (Å²) < 4.78 is 0. The molecule has 0 unspecified atom stereocenters. The van der Waals surface area contributed by atoms with E-state index in [9.17, 15) is 0 Å². The highest BCUT2D eigenvalue weighted by Gasteiger charge is 2.06. The van der Waals surface area contributed by atoms with E-state index in [1.165, 1.54) is 16.7 Å². The smallest absolute Gasteiger partial charge is 0.0135 e. The second kappa shape index (κ2) is 4.25. The van der Waals surface area contributed by atoms with Crippen LogP contribution in [0.15, 0.2) is 30.4 Å². The Morgan fingerprint density at radius 2 is 2.36 bits per heavy atom. The number of benzene rings is 1. The fraction of sp³-hybridized carbons (Fsp3) is 0.231. The van der Waals surface area contributed by atoms with Crippen LogP contribution in [0.5, 0.6) is 0 Å². The van der Waals surface area contributed by atoms with Gasteiger partial charge in [-0.05, 0) is 30.2 Å². The number of allylic oxidation sites excluding steroid dienone is 1. The molecule has 0 saturated carbocycles. The minimum atomic E-state index is 0.928. The van der Waals surface area contributed by atoms with Crippen molar-refractivity contribution in [2.75, 3.05) is 13.6 Å². The molecule has 72 valence electrons. The number of hydrogen-bond donors (Lipinski definition) is 1. The van der Waals surface area contributed by atoms with Crippen LogP contribution < -0.4 is 5.32 Å². The average Bonchev–Trinajstić information content (AvgIpc) is 2.67. The van der Waals surface area contributed by atoms with Crippen LogP contribution in [0.3, 0.4) is 0 Å². The van der Waals surface area contributed by atoms with Crippen LogP contribution >= 0.6 is 0 Å². The third-order valence-electron chi connectivity index (χ3n) is 2.49. The summed E-state index contributed by atoms with van der Waals surface area (Å²) in [5.74, 6) is 0. The Labute approximate surface area is 85.2 Å². The quantitative estimate of drug-likeness (QED) is 0.763. The van der Waals surface area contributed by atoms with Gasteiger partial charge in [0.1, 0.15) is 0 Å². The third kappa shape index (κ3) is 1.78. The molecule has 1 N–H and O–H groups in total. The van der Waals surface area contributed by atoms with Gasteiger partial charge in [-0.2, -0.15) is 0 Å². The first-order valence-electron chi connectivity index (χ1n) is 5.01. The lowest BCUT2D eigenvalue weighted by Gasteiger charge is -2.03. The van der Waals surface area contributed by atoms with Gasteiger partial charge in [-0.25, -0.2) is 0 Å². The molecule has 0 aliphatic heterocycles. The highest BCUT2D eigenvalue weighted by molar-refractivity contribution is 5.68. The zero-order chi connectivity index (χ0) is 9.80. The Kier molecular flexibility index (Phi) is 2.80. The summed E-state index contributed by atoms with van der Waals surface area (Å²) in [6.07, 6.45) is 9.86. The van der Waals surface area contributed by atoms with Crippen molar-refractivity contribution in [1.29, 1.82) is 0 Å². The van der Waals surface area contributed by atoms with Crippen molar-refractivity contribution in [3.05, 3.63) is 47.0 Å². The van der Waals surface area contributed by atoms with E-state index in [0.717, 1.165) is 13.0 Å². The Morgan fingerprint density at radius 3 is 3.21 bits per heavy atom. The molecule has 0 fully saturated rings. The van der Waals surface area contributed by atoms with Crippen LogP contribution in [0.1, 0.15) is 16.7 Å². The predicted octanol–water partition coefficient (Wildman–Crippen LogP) is 2.49. The van der Waals surface area contributed by atoms with Crippen molar-refractivity contribution in [1.82, 2.24) is 5.32 Å².